The molecular formula is C23H22ClN3O5S. The Morgan fingerprint density at radius 2 is 1.73 bits per heavy atom. The lowest BCUT2D eigenvalue weighted by molar-refractivity contribution is -0.116. The highest BCUT2D eigenvalue weighted by Gasteiger charge is 2.20. The number of sulfonamides is 1. The first-order valence-electron chi connectivity index (χ1n) is 9.76. The molecule has 0 atom stereocenters. The van der Waals surface area contributed by atoms with Crippen LogP contribution >= 0.6 is 11.6 Å². The molecule has 0 unspecified atom stereocenters. The van der Waals surface area contributed by atoms with Crippen LogP contribution in [-0.2, 0) is 14.8 Å². The maximum atomic E-state index is 12.8. The predicted octanol–water partition coefficient (Wildman–Crippen LogP) is 3.86. The Hall–Kier alpha value is -3.56. The first-order valence-corrected chi connectivity index (χ1v) is 11.6. The van der Waals surface area contributed by atoms with Gasteiger partial charge in [0.05, 0.1) is 29.3 Å². The second-order valence-electron chi connectivity index (χ2n) is 7.05. The van der Waals surface area contributed by atoms with Gasteiger partial charge in [0.1, 0.15) is 5.75 Å². The van der Waals surface area contributed by atoms with Gasteiger partial charge in [0.25, 0.3) is 15.9 Å². The zero-order valence-electron chi connectivity index (χ0n) is 17.9. The van der Waals surface area contributed by atoms with Crippen molar-refractivity contribution in [1.82, 2.24) is 4.90 Å². The average molecular weight is 488 g/mol. The average Bonchev–Trinajstić information content (AvgIpc) is 2.80. The number of nitrogens with one attached hydrogen (secondary N) is 2. The number of hydrogen-bond acceptors (Lipinski definition) is 5. The van der Waals surface area contributed by atoms with E-state index in [2.05, 4.69) is 10.0 Å². The summed E-state index contributed by atoms with van der Waals surface area (Å²) < 4.78 is 33.1. The van der Waals surface area contributed by atoms with Gasteiger partial charge in [0.15, 0.2) is 0 Å². The van der Waals surface area contributed by atoms with Crippen LogP contribution in [0.2, 0.25) is 5.02 Å². The van der Waals surface area contributed by atoms with Gasteiger partial charge in [0, 0.05) is 24.4 Å². The van der Waals surface area contributed by atoms with Crippen LogP contribution < -0.4 is 14.8 Å². The van der Waals surface area contributed by atoms with Crippen molar-refractivity contribution in [2.45, 2.75) is 4.90 Å². The van der Waals surface area contributed by atoms with Gasteiger partial charge in [0.2, 0.25) is 5.91 Å². The number of rotatable bonds is 8. The third-order valence-electron chi connectivity index (χ3n) is 4.59. The van der Waals surface area contributed by atoms with Crippen molar-refractivity contribution >= 4 is 44.8 Å². The maximum Gasteiger partial charge on any atom is 0.261 e. The van der Waals surface area contributed by atoms with Gasteiger partial charge in [-0.25, -0.2) is 8.42 Å². The summed E-state index contributed by atoms with van der Waals surface area (Å²) in [6.07, 6.45) is 0. The number of ether oxygens (including phenoxy) is 1. The highest BCUT2D eigenvalue weighted by molar-refractivity contribution is 7.92. The summed E-state index contributed by atoms with van der Waals surface area (Å²) in [5.41, 5.74) is 0.870. The number of halogens is 1. The standard InChI is InChI=1S/C23H22ClN3O5S/c1-27(15-22(28)25-17-8-6-9-18(14-17)32-2)23(29)16-7-5-10-19(13-16)33(30,31)26-21-12-4-3-11-20(21)24/h3-14,26H,15H2,1-2H3,(H,25,28). The molecule has 0 aliphatic rings. The van der Waals surface area contributed by atoms with Crippen LogP contribution in [-0.4, -0.2) is 45.8 Å². The van der Waals surface area contributed by atoms with Crippen LogP contribution in [0.25, 0.3) is 0 Å². The van der Waals surface area contributed by atoms with E-state index in [4.69, 9.17) is 16.3 Å². The molecule has 3 rings (SSSR count). The molecular weight excluding hydrogens is 466 g/mol. The van der Waals surface area contributed by atoms with Crippen LogP contribution in [0.1, 0.15) is 10.4 Å². The van der Waals surface area contributed by atoms with E-state index in [9.17, 15) is 18.0 Å². The van der Waals surface area contributed by atoms with Gasteiger partial charge in [-0.1, -0.05) is 35.9 Å². The zero-order valence-corrected chi connectivity index (χ0v) is 19.5. The van der Waals surface area contributed by atoms with Crippen LogP contribution in [0.3, 0.4) is 0 Å². The number of methoxy groups -OCH3 is 1. The molecule has 0 aliphatic heterocycles. The molecule has 33 heavy (non-hydrogen) atoms. The van der Waals surface area contributed by atoms with Crippen LogP contribution in [0.5, 0.6) is 5.75 Å². The smallest absolute Gasteiger partial charge is 0.261 e. The van der Waals surface area contributed by atoms with Crippen molar-refractivity contribution in [1.29, 1.82) is 0 Å². The molecule has 10 heteroatoms. The van der Waals surface area contributed by atoms with Gasteiger partial charge in [-0.2, -0.15) is 0 Å². The Kier molecular flexibility index (Phi) is 7.57. The van der Waals surface area contributed by atoms with E-state index in [0.717, 1.165) is 0 Å². The quantitative estimate of drug-likeness (QED) is 0.502. The summed E-state index contributed by atoms with van der Waals surface area (Å²) in [6, 6.07) is 18.8. The van der Waals surface area contributed by atoms with Crippen molar-refractivity contribution in [3.8, 4) is 5.75 Å². The highest BCUT2D eigenvalue weighted by atomic mass is 35.5. The molecule has 0 spiro atoms. The van der Waals surface area contributed by atoms with Crippen molar-refractivity contribution < 1.29 is 22.7 Å². The fraction of sp³-hybridized carbons (Fsp3) is 0.130. The summed E-state index contributed by atoms with van der Waals surface area (Å²) in [5, 5.41) is 2.94. The van der Waals surface area contributed by atoms with E-state index in [1.165, 1.54) is 49.4 Å². The first-order chi connectivity index (χ1) is 15.7. The Morgan fingerprint density at radius 3 is 2.45 bits per heavy atom. The fourth-order valence-electron chi connectivity index (χ4n) is 2.95. The van der Waals surface area contributed by atoms with E-state index >= 15 is 0 Å². The number of nitrogens with zero attached hydrogens (tertiary/aromatic N) is 1. The van der Waals surface area contributed by atoms with E-state index in [1.54, 1.807) is 42.5 Å². The summed E-state index contributed by atoms with van der Waals surface area (Å²) in [7, 11) is -1.01. The van der Waals surface area contributed by atoms with Gasteiger partial charge < -0.3 is 15.0 Å². The van der Waals surface area contributed by atoms with Crippen molar-refractivity contribution in [2.75, 3.05) is 30.7 Å². The van der Waals surface area contributed by atoms with Crippen LogP contribution in [0.15, 0.2) is 77.7 Å². The molecule has 0 fully saturated rings. The molecule has 8 nitrogen and oxygen atoms in total. The maximum absolute atomic E-state index is 12.8. The zero-order chi connectivity index (χ0) is 24.0. The SMILES string of the molecule is COc1cccc(NC(=O)CN(C)C(=O)c2cccc(S(=O)(=O)Nc3ccccc3Cl)c2)c1. The molecule has 0 bridgehead atoms. The summed E-state index contributed by atoms with van der Waals surface area (Å²) in [6.45, 7) is -0.231. The molecule has 3 aromatic rings. The number of benzene rings is 3. The van der Waals surface area contributed by atoms with Crippen LogP contribution in [0.4, 0.5) is 11.4 Å². The fourth-order valence-corrected chi connectivity index (χ4v) is 4.32. The minimum absolute atomic E-state index is 0.109. The van der Waals surface area contributed by atoms with E-state index in [-0.39, 0.29) is 27.7 Å². The third kappa shape index (κ3) is 6.24. The predicted molar refractivity (Wildman–Crippen MR) is 127 cm³/mol. The summed E-state index contributed by atoms with van der Waals surface area (Å²) >= 11 is 6.03. The molecule has 0 saturated carbocycles. The lowest BCUT2D eigenvalue weighted by atomic mass is 10.2. The number of carbonyl (C=O) groups is 2. The second-order valence-corrected chi connectivity index (χ2v) is 9.14. The lowest BCUT2D eigenvalue weighted by Crippen LogP contribution is -2.35. The number of carbonyl (C=O) groups excluding carboxylic acids is 2. The molecule has 0 heterocycles. The van der Waals surface area contributed by atoms with E-state index in [1.807, 2.05) is 0 Å². The van der Waals surface area contributed by atoms with Gasteiger partial charge in [-0.3, -0.25) is 14.3 Å². The Bertz CT molecular complexity index is 1280. The topological polar surface area (TPSA) is 105 Å². The van der Waals surface area contributed by atoms with E-state index < -0.39 is 21.8 Å². The summed E-state index contributed by atoms with van der Waals surface area (Å²) in [4.78, 5) is 26.3. The molecule has 0 aliphatic carbocycles. The minimum Gasteiger partial charge on any atom is -0.497 e. The minimum atomic E-state index is -3.98. The number of anilines is 2. The van der Waals surface area contributed by atoms with Crippen molar-refractivity contribution in [2.24, 2.45) is 0 Å². The molecule has 3 aromatic carbocycles. The third-order valence-corrected chi connectivity index (χ3v) is 6.28. The molecule has 0 radical (unpaired) electrons. The second kappa shape index (κ2) is 10.4. The van der Waals surface area contributed by atoms with Crippen molar-refractivity contribution in [3.63, 3.8) is 0 Å². The number of hydrogen-bond donors (Lipinski definition) is 2. The molecule has 2 N–H and O–H groups in total. The Morgan fingerprint density at radius 1 is 1.00 bits per heavy atom. The molecule has 172 valence electrons. The summed E-state index contributed by atoms with van der Waals surface area (Å²) in [5.74, 6) is -0.338. The Balaban J connectivity index is 1.70. The molecule has 0 saturated heterocycles. The normalized spacial score (nSPS) is 10.9. The number of para-hydroxylation sites is 1. The van der Waals surface area contributed by atoms with Gasteiger partial charge in [-0.05, 0) is 42.5 Å². The number of likely N-dealkylation sites (N-methyl/N-ethyl adjacent to an activating group) is 1. The van der Waals surface area contributed by atoms with Gasteiger partial charge >= 0.3 is 0 Å². The molecule has 0 aromatic heterocycles. The molecule has 2 amide bonds. The number of amides is 2. The van der Waals surface area contributed by atoms with E-state index in [0.29, 0.717) is 11.4 Å². The highest BCUT2D eigenvalue weighted by Crippen LogP contribution is 2.24. The first kappa shape index (κ1) is 24.1. The Labute approximate surface area is 197 Å². The van der Waals surface area contributed by atoms with Crippen molar-refractivity contribution in [3.05, 3.63) is 83.4 Å². The lowest BCUT2D eigenvalue weighted by Gasteiger charge is -2.17. The van der Waals surface area contributed by atoms with Crippen LogP contribution in [0, 0.1) is 0 Å². The van der Waals surface area contributed by atoms with Gasteiger partial charge in [-0.15, -0.1) is 0 Å². The monoisotopic (exact) mass is 487 g/mol. The largest absolute Gasteiger partial charge is 0.497 e.